The number of nitrogens with one attached hydrogen (secondary N) is 2. The van der Waals surface area contributed by atoms with Gasteiger partial charge in [-0.2, -0.15) is 0 Å². The van der Waals surface area contributed by atoms with E-state index in [0.29, 0.717) is 37.2 Å². The number of benzene rings is 1. The highest BCUT2D eigenvalue weighted by Gasteiger charge is 2.32. The summed E-state index contributed by atoms with van der Waals surface area (Å²) in [6, 6.07) is 10.7. The molecular weight excluding hydrogens is 586 g/mol. The molecule has 222 valence electrons. The van der Waals surface area contributed by atoms with Gasteiger partial charge in [0, 0.05) is 52.6 Å². The van der Waals surface area contributed by atoms with Gasteiger partial charge < -0.3 is 15.4 Å². The van der Waals surface area contributed by atoms with Crippen molar-refractivity contribution in [2.75, 3.05) is 26.3 Å². The van der Waals surface area contributed by atoms with Crippen LogP contribution >= 0.6 is 22.9 Å². The first-order valence-corrected chi connectivity index (χ1v) is 15.1. The van der Waals surface area contributed by atoms with E-state index in [4.69, 9.17) is 21.3 Å². The number of hydrogen-bond donors (Lipinski definition) is 2. The number of fused-ring (bicyclic) bond motifs is 3. The van der Waals surface area contributed by atoms with Crippen molar-refractivity contribution >= 4 is 46.5 Å². The topological polar surface area (TPSA) is 123 Å². The van der Waals surface area contributed by atoms with Gasteiger partial charge in [0.25, 0.3) is 0 Å². The van der Waals surface area contributed by atoms with Crippen LogP contribution in [0.5, 0.6) is 0 Å². The third-order valence-corrected chi connectivity index (χ3v) is 8.41. The lowest BCUT2D eigenvalue weighted by Crippen LogP contribution is -2.30. The predicted octanol–water partition coefficient (Wildman–Crippen LogP) is 4.55. The summed E-state index contributed by atoms with van der Waals surface area (Å²) in [6.07, 6.45) is 6.60. The number of aliphatic imine (C=N–C) groups is 1. The summed E-state index contributed by atoms with van der Waals surface area (Å²) in [6.45, 7) is 7.40. The van der Waals surface area contributed by atoms with Gasteiger partial charge in [0.15, 0.2) is 5.82 Å². The van der Waals surface area contributed by atoms with Crippen LogP contribution < -0.4 is 10.6 Å². The van der Waals surface area contributed by atoms with Crippen molar-refractivity contribution in [2.24, 2.45) is 4.99 Å². The van der Waals surface area contributed by atoms with Crippen molar-refractivity contribution in [1.82, 2.24) is 30.4 Å². The van der Waals surface area contributed by atoms with Crippen LogP contribution in [0, 0.1) is 20.8 Å². The first-order chi connectivity index (χ1) is 20.8. The highest BCUT2D eigenvalue weighted by molar-refractivity contribution is 7.15. The van der Waals surface area contributed by atoms with E-state index in [1.54, 1.807) is 35.9 Å². The van der Waals surface area contributed by atoms with Gasteiger partial charge in [-0.1, -0.05) is 29.8 Å². The number of aryl methyl sites for hydroxylation is 2. The summed E-state index contributed by atoms with van der Waals surface area (Å²) >= 11 is 7.85. The highest BCUT2D eigenvalue weighted by atomic mass is 35.5. The Kier molecular flexibility index (Phi) is 9.75. The molecule has 0 bridgehead atoms. The first-order valence-electron chi connectivity index (χ1n) is 13.9. The van der Waals surface area contributed by atoms with Gasteiger partial charge >= 0.3 is 0 Å². The van der Waals surface area contributed by atoms with Crippen LogP contribution in [-0.2, 0) is 14.3 Å². The number of amides is 2. The molecule has 2 N–H and O–H groups in total. The molecule has 1 aromatic carbocycles. The Labute approximate surface area is 258 Å². The summed E-state index contributed by atoms with van der Waals surface area (Å²) in [7, 11) is 0. The summed E-state index contributed by atoms with van der Waals surface area (Å²) in [5.41, 5.74) is 4.72. The van der Waals surface area contributed by atoms with Crippen molar-refractivity contribution in [1.29, 1.82) is 0 Å². The van der Waals surface area contributed by atoms with E-state index in [1.165, 1.54) is 11.0 Å². The van der Waals surface area contributed by atoms with Crippen LogP contribution in [0.3, 0.4) is 0 Å². The molecule has 0 fully saturated rings. The fourth-order valence-corrected chi connectivity index (χ4v) is 6.04. The Morgan fingerprint density at radius 3 is 2.58 bits per heavy atom. The van der Waals surface area contributed by atoms with Crippen LogP contribution in [0.4, 0.5) is 0 Å². The molecule has 1 atom stereocenters. The number of hydrogen-bond acceptors (Lipinski definition) is 8. The molecule has 5 rings (SSSR count). The minimum atomic E-state index is -0.540. The number of halogens is 1. The molecule has 0 saturated carbocycles. The van der Waals surface area contributed by atoms with E-state index in [9.17, 15) is 9.59 Å². The summed E-state index contributed by atoms with van der Waals surface area (Å²) in [5, 5.41) is 16.1. The molecule has 10 nitrogen and oxygen atoms in total. The molecule has 2 amide bonds. The van der Waals surface area contributed by atoms with Crippen molar-refractivity contribution < 1.29 is 14.3 Å². The van der Waals surface area contributed by atoms with Gasteiger partial charge in [-0.05, 0) is 56.2 Å². The molecule has 0 aliphatic carbocycles. The van der Waals surface area contributed by atoms with Crippen molar-refractivity contribution in [3.8, 4) is 5.00 Å². The lowest BCUT2D eigenvalue weighted by Gasteiger charge is -2.13. The monoisotopic (exact) mass is 617 g/mol. The number of pyridine rings is 1. The van der Waals surface area contributed by atoms with Crippen molar-refractivity contribution in [3.05, 3.63) is 98.7 Å². The SMILES string of the molecule is Cc1sc2c(c1C)C(c1ccc(Cl)cc1)=N[C@@H](CC(=O)NCCOCCNC(=O)/C=C/c1cccnc1)c1nnc(C)n1-2. The molecule has 0 spiro atoms. The maximum atomic E-state index is 13.0. The molecule has 0 unspecified atom stereocenters. The van der Waals surface area contributed by atoms with E-state index in [-0.39, 0.29) is 18.2 Å². The van der Waals surface area contributed by atoms with E-state index >= 15 is 0 Å². The van der Waals surface area contributed by atoms with Crippen LogP contribution in [0.2, 0.25) is 5.02 Å². The van der Waals surface area contributed by atoms with Crippen LogP contribution in [0.25, 0.3) is 11.1 Å². The Balaban J connectivity index is 1.18. The summed E-state index contributed by atoms with van der Waals surface area (Å²) in [5.74, 6) is 0.977. The van der Waals surface area contributed by atoms with Gasteiger partial charge in [-0.15, -0.1) is 21.5 Å². The maximum Gasteiger partial charge on any atom is 0.244 e. The molecule has 0 radical (unpaired) electrons. The fraction of sp³-hybridized carbons (Fsp3) is 0.290. The van der Waals surface area contributed by atoms with Gasteiger partial charge in [-0.25, -0.2) is 0 Å². The second kappa shape index (κ2) is 13.9. The normalized spacial score (nSPS) is 14.1. The Morgan fingerprint density at radius 2 is 1.84 bits per heavy atom. The van der Waals surface area contributed by atoms with Gasteiger partial charge in [-0.3, -0.25) is 24.1 Å². The smallest absolute Gasteiger partial charge is 0.244 e. The predicted molar refractivity (Wildman–Crippen MR) is 168 cm³/mol. The second-order valence-electron chi connectivity index (χ2n) is 9.98. The van der Waals surface area contributed by atoms with Gasteiger partial charge in [0.05, 0.1) is 25.3 Å². The number of carbonyl (C=O) groups excluding carboxylic acids is 2. The maximum absolute atomic E-state index is 13.0. The van der Waals surface area contributed by atoms with E-state index in [1.807, 2.05) is 41.8 Å². The minimum absolute atomic E-state index is 0.0987. The molecule has 4 heterocycles. The largest absolute Gasteiger partial charge is 0.378 e. The summed E-state index contributed by atoms with van der Waals surface area (Å²) in [4.78, 5) is 35.3. The number of ether oxygens (including phenoxy) is 1. The van der Waals surface area contributed by atoms with E-state index in [2.05, 4.69) is 39.7 Å². The molecule has 3 aromatic heterocycles. The van der Waals surface area contributed by atoms with Crippen LogP contribution in [-0.4, -0.2) is 63.6 Å². The number of thiophene rings is 1. The van der Waals surface area contributed by atoms with Gasteiger partial charge in [0.1, 0.15) is 16.9 Å². The van der Waals surface area contributed by atoms with Crippen molar-refractivity contribution in [2.45, 2.75) is 33.2 Å². The fourth-order valence-electron chi connectivity index (χ4n) is 4.70. The molecule has 1 aliphatic heterocycles. The third-order valence-electron chi connectivity index (χ3n) is 6.96. The number of nitrogens with zero attached hydrogens (tertiary/aromatic N) is 5. The number of rotatable bonds is 11. The highest BCUT2D eigenvalue weighted by Crippen LogP contribution is 2.39. The molecular formula is C31H32ClN7O3S. The van der Waals surface area contributed by atoms with Crippen LogP contribution in [0.15, 0.2) is 59.9 Å². The zero-order valence-corrected chi connectivity index (χ0v) is 25.7. The first kappa shape index (κ1) is 30.3. The number of carbonyl (C=O) groups is 2. The quantitative estimate of drug-likeness (QED) is 0.188. The molecule has 1 aliphatic rings. The van der Waals surface area contributed by atoms with Crippen LogP contribution in [0.1, 0.15) is 51.2 Å². The standard InChI is InChI=1S/C31H32ClN7O3S/c1-19-20(2)43-31-28(19)29(23-7-9-24(32)10-8-23)36-25(30-38-37-21(3)39(30)31)17-27(41)35-14-16-42-15-13-34-26(40)11-6-22-5-4-12-33-18-22/h4-12,18,25H,13-17H2,1-3H3,(H,34,40)(H,35,41)/b11-6+/t25-/m0/s1. The average molecular weight is 618 g/mol. The zero-order valence-electron chi connectivity index (χ0n) is 24.1. The lowest BCUT2D eigenvalue weighted by atomic mass is 9.99. The summed E-state index contributed by atoms with van der Waals surface area (Å²) < 4.78 is 7.60. The average Bonchev–Trinajstić information content (AvgIpc) is 3.48. The lowest BCUT2D eigenvalue weighted by molar-refractivity contribution is -0.121. The Morgan fingerprint density at radius 1 is 1.07 bits per heavy atom. The third kappa shape index (κ3) is 7.24. The molecule has 4 aromatic rings. The van der Waals surface area contributed by atoms with Gasteiger partial charge in [0.2, 0.25) is 11.8 Å². The number of aromatic nitrogens is 4. The zero-order chi connectivity index (χ0) is 30.3. The van der Waals surface area contributed by atoms with E-state index in [0.717, 1.165) is 38.8 Å². The van der Waals surface area contributed by atoms with Crippen molar-refractivity contribution in [3.63, 3.8) is 0 Å². The second-order valence-corrected chi connectivity index (χ2v) is 11.6. The Hall–Kier alpha value is -4.19. The molecule has 43 heavy (non-hydrogen) atoms. The molecule has 12 heteroatoms. The minimum Gasteiger partial charge on any atom is -0.378 e. The molecule has 0 saturated heterocycles. The van der Waals surface area contributed by atoms with E-state index < -0.39 is 6.04 Å². The Bertz CT molecular complexity index is 1660.